The molecule has 5 nitrogen and oxygen atoms in total. The number of para-hydroxylation sites is 1. The molecule has 0 fully saturated rings. The molecule has 0 radical (unpaired) electrons. The van der Waals surface area contributed by atoms with Crippen LogP contribution in [-0.2, 0) is 0 Å². The summed E-state index contributed by atoms with van der Waals surface area (Å²) in [5.74, 6) is 0. The number of aromatic nitrogens is 4. The van der Waals surface area contributed by atoms with Gasteiger partial charge in [0.2, 0.25) is 5.16 Å². The first-order valence-electron chi connectivity index (χ1n) is 5.88. The van der Waals surface area contributed by atoms with Crippen molar-refractivity contribution >= 4 is 11.8 Å². The Morgan fingerprint density at radius 3 is 2.45 bits per heavy atom. The zero-order chi connectivity index (χ0) is 13.8. The van der Waals surface area contributed by atoms with Gasteiger partial charge in [0.15, 0.2) is 0 Å². The molecule has 0 aliphatic rings. The summed E-state index contributed by atoms with van der Waals surface area (Å²) in [5, 5.41) is 21.2. The standard InChI is InChI=1S/C14H9N5S/c15-10-11-6-8-13(9-7-11)20-14-16-17-18-19(14)12-4-2-1-3-5-12/h1-9H. The summed E-state index contributed by atoms with van der Waals surface area (Å²) in [5.41, 5.74) is 1.55. The maximum Gasteiger partial charge on any atom is 0.218 e. The van der Waals surface area contributed by atoms with Crippen LogP contribution in [0.1, 0.15) is 5.56 Å². The fourth-order valence-electron chi connectivity index (χ4n) is 1.68. The van der Waals surface area contributed by atoms with Gasteiger partial charge in [-0.1, -0.05) is 18.2 Å². The Morgan fingerprint density at radius 1 is 1.00 bits per heavy atom. The van der Waals surface area contributed by atoms with E-state index in [4.69, 9.17) is 5.26 Å². The number of nitriles is 1. The normalized spacial score (nSPS) is 10.2. The van der Waals surface area contributed by atoms with Gasteiger partial charge in [-0.2, -0.15) is 9.94 Å². The Kier molecular flexibility index (Phi) is 3.44. The highest BCUT2D eigenvalue weighted by Gasteiger charge is 2.09. The van der Waals surface area contributed by atoms with E-state index in [1.54, 1.807) is 16.8 Å². The summed E-state index contributed by atoms with van der Waals surface area (Å²) in [6.45, 7) is 0. The third kappa shape index (κ3) is 2.53. The number of hydrogen-bond donors (Lipinski definition) is 0. The fourth-order valence-corrected chi connectivity index (χ4v) is 2.47. The monoisotopic (exact) mass is 279 g/mol. The van der Waals surface area contributed by atoms with Crippen molar-refractivity contribution in [3.63, 3.8) is 0 Å². The van der Waals surface area contributed by atoms with Crippen LogP contribution in [0.2, 0.25) is 0 Å². The minimum absolute atomic E-state index is 0.636. The molecule has 0 aliphatic carbocycles. The van der Waals surface area contributed by atoms with E-state index in [0.29, 0.717) is 10.7 Å². The predicted molar refractivity (Wildman–Crippen MR) is 74.4 cm³/mol. The molecule has 0 saturated heterocycles. The van der Waals surface area contributed by atoms with E-state index in [1.165, 1.54) is 11.8 Å². The second kappa shape index (κ2) is 5.55. The van der Waals surface area contributed by atoms with Gasteiger partial charge in [-0.25, -0.2) is 0 Å². The molecule has 1 aromatic heterocycles. The molecule has 3 rings (SSSR count). The molecule has 0 amide bonds. The summed E-state index contributed by atoms with van der Waals surface area (Å²) in [6.07, 6.45) is 0. The van der Waals surface area contributed by atoms with Crippen LogP contribution in [0.25, 0.3) is 5.69 Å². The van der Waals surface area contributed by atoms with Crippen molar-refractivity contribution in [3.05, 3.63) is 60.2 Å². The quantitative estimate of drug-likeness (QED) is 0.737. The van der Waals surface area contributed by atoms with Gasteiger partial charge in [-0.3, -0.25) is 0 Å². The zero-order valence-electron chi connectivity index (χ0n) is 10.3. The van der Waals surface area contributed by atoms with Crippen LogP contribution in [0.4, 0.5) is 0 Å². The molecule has 0 saturated carbocycles. The van der Waals surface area contributed by atoms with Crippen LogP contribution >= 0.6 is 11.8 Å². The first kappa shape index (κ1) is 12.4. The van der Waals surface area contributed by atoms with Crippen molar-refractivity contribution < 1.29 is 0 Å². The van der Waals surface area contributed by atoms with Crippen LogP contribution in [0.15, 0.2) is 64.6 Å². The smallest absolute Gasteiger partial charge is 0.192 e. The average Bonchev–Trinajstić information content (AvgIpc) is 2.97. The molecule has 1 heterocycles. The van der Waals surface area contributed by atoms with Gasteiger partial charge in [-0.15, -0.1) is 5.10 Å². The minimum Gasteiger partial charge on any atom is -0.192 e. The molecule has 0 atom stereocenters. The molecule has 0 N–H and O–H groups in total. The lowest BCUT2D eigenvalue weighted by Gasteiger charge is -2.03. The predicted octanol–water partition coefficient (Wildman–Crippen LogP) is 2.69. The Hall–Kier alpha value is -2.65. The summed E-state index contributed by atoms with van der Waals surface area (Å²) in [7, 11) is 0. The Balaban J connectivity index is 1.89. The van der Waals surface area contributed by atoms with Crippen LogP contribution < -0.4 is 0 Å². The lowest BCUT2D eigenvalue weighted by Crippen LogP contribution is -1.98. The first-order valence-corrected chi connectivity index (χ1v) is 6.70. The maximum atomic E-state index is 8.78. The number of nitrogens with zero attached hydrogens (tertiary/aromatic N) is 5. The molecule has 20 heavy (non-hydrogen) atoms. The van der Waals surface area contributed by atoms with Gasteiger partial charge in [0.1, 0.15) is 0 Å². The highest BCUT2D eigenvalue weighted by Crippen LogP contribution is 2.26. The number of tetrazole rings is 1. The molecule has 3 aromatic rings. The first-order chi connectivity index (χ1) is 9.86. The highest BCUT2D eigenvalue weighted by molar-refractivity contribution is 7.99. The molecule has 0 spiro atoms. The van der Waals surface area contributed by atoms with Gasteiger partial charge < -0.3 is 0 Å². The highest BCUT2D eigenvalue weighted by atomic mass is 32.2. The van der Waals surface area contributed by atoms with Crippen LogP contribution in [0.3, 0.4) is 0 Å². The van der Waals surface area contributed by atoms with Gasteiger partial charge in [-0.05, 0) is 58.6 Å². The average molecular weight is 279 g/mol. The fraction of sp³-hybridized carbons (Fsp3) is 0. The van der Waals surface area contributed by atoms with Crippen molar-refractivity contribution in [1.82, 2.24) is 20.2 Å². The largest absolute Gasteiger partial charge is 0.218 e. The van der Waals surface area contributed by atoms with E-state index < -0.39 is 0 Å². The van der Waals surface area contributed by atoms with Crippen LogP contribution in [0.5, 0.6) is 0 Å². The third-order valence-corrected chi connectivity index (χ3v) is 3.58. The number of benzene rings is 2. The SMILES string of the molecule is N#Cc1ccc(Sc2nnnn2-c2ccccc2)cc1. The number of rotatable bonds is 3. The van der Waals surface area contributed by atoms with E-state index >= 15 is 0 Å². The molecular weight excluding hydrogens is 270 g/mol. The molecule has 6 heteroatoms. The van der Waals surface area contributed by atoms with Gasteiger partial charge >= 0.3 is 0 Å². The zero-order valence-corrected chi connectivity index (χ0v) is 11.2. The van der Waals surface area contributed by atoms with E-state index in [-0.39, 0.29) is 0 Å². The second-order valence-corrected chi connectivity index (χ2v) is 4.99. The molecule has 2 aromatic carbocycles. The van der Waals surface area contributed by atoms with E-state index in [1.807, 2.05) is 42.5 Å². The van der Waals surface area contributed by atoms with Crippen molar-refractivity contribution in [2.75, 3.05) is 0 Å². The Bertz CT molecular complexity index is 743. The minimum atomic E-state index is 0.636. The van der Waals surface area contributed by atoms with Crippen molar-refractivity contribution in [1.29, 1.82) is 5.26 Å². The summed E-state index contributed by atoms with van der Waals surface area (Å²) >= 11 is 1.45. The van der Waals surface area contributed by atoms with Gasteiger partial charge in [0.05, 0.1) is 17.3 Å². The third-order valence-electron chi connectivity index (χ3n) is 2.63. The molecule has 96 valence electrons. The van der Waals surface area contributed by atoms with Crippen LogP contribution in [-0.4, -0.2) is 20.2 Å². The van der Waals surface area contributed by atoms with Crippen molar-refractivity contribution in [2.24, 2.45) is 0 Å². The van der Waals surface area contributed by atoms with Crippen molar-refractivity contribution in [3.8, 4) is 11.8 Å². The topological polar surface area (TPSA) is 67.4 Å². The van der Waals surface area contributed by atoms with E-state index in [9.17, 15) is 0 Å². The Morgan fingerprint density at radius 2 is 1.75 bits per heavy atom. The van der Waals surface area contributed by atoms with E-state index in [0.717, 1.165) is 10.6 Å². The van der Waals surface area contributed by atoms with Crippen LogP contribution in [0, 0.1) is 11.3 Å². The summed E-state index contributed by atoms with van der Waals surface area (Å²) in [4.78, 5) is 0.982. The van der Waals surface area contributed by atoms with Gasteiger partial charge in [0, 0.05) is 4.90 Å². The summed E-state index contributed by atoms with van der Waals surface area (Å²) in [6, 6.07) is 19.1. The number of hydrogen-bond acceptors (Lipinski definition) is 5. The van der Waals surface area contributed by atoms with Gasteiger partial charge in [0.25, 0.3) is 0 Å². The summed E-state index contributed by atoms with van der Waals surface area (Å²) < 4.78 is 1.68. The Labute approximate surface area is 119 Å². The van der Waals surface area contributed by atoms with Crippen molar-refractivity contribution in [2.45, 2.75) is 10.1 Å². The van der Waals surface area contributed by atoms with E-state index in [2.05, 4.69) is 21.6 Å². The second-order valence-electron chi connectivity index (χ2n) is 3.95. The lowest BCUT2D eigenvalue weighted by molar-refractivity contribution is 0.756. The lowest BCUT2D eigenvalue weighted by atomic mass is 10.2. The molecule has 0 aliphatic heterocycles. The molecular formula is C14H9N5S. The molecule has 0 unspecified atom stereocenters. The maximum absolute atomic E-state index is 8.78. The molecule has 0 bridgehead atoms.